The third kappa shape index (κ3) is 5.05. The molecular weight excluding hydrogens is 190 g/mol. The van der Waals surface area contributed by atoms with Gasteiger partial charge in [-0.3, -0.25) is 5.32 Å². The second-order valence-corrected chi connectivity index (χ2v) is 4.63. The molecule has 1 rings (SSSR count). The van der Waals surface area contributed by atoms with Gasteiger partial charge in [0.1, 0.15) is 0 Å². The highest BCUT2D eigenvalue weighted by Gasteiger charge is 2.13. The highest BCUT2D eigenvalue weighted by molar-refractivity contribution is 5.84. The number of carbonyl (C=O) groups is 1. The first kappa shape index (κ1) is 11.6. The summed E-state index contributed by atoms with van der Waals surface area (Å²) >= 11 is 0. The van der Waals surface area contributed by atoms with E-state index in [4.69, 9.17) is 4.74 Å². The fourth-order valence-electron chi connectivity index (χ4n) is 0.957. The van der Waals surface area contributed by atoms with E-state index in [9.17, 15) is 4.79 Å². The molecule has 1 aromatic rings. The normalized spacial score (nSPS) is 10.9. The fourth-order valence-corrected chi connectivity index (χ4v) is 0.957. The van der Waals surface area contributed by atoms with Crippen molar-refractivity contribution in [2.75, 3.05) is 11.9 Å². The predicted octanol–water partition coefficient (Wildman–Crippen LogP) is 3.28. The second-order valence-electron chi connectivity index (χ2n) is 4.63. The summed E-state index contributed by atoms with van der Waals surface area (Å²) in [6.45, 7) is 6.46. The molecule has 0 radical (unpaired) electrons. The number of rotatable bonds is 2. The molecule has 0 atom stereocenters. The van der Waals surface area contributed by atoms with Crippen LogP contribution in [0.3, 0.4) is 0 Å². The molecule has 1 aromatic carbocycles. The molecular formula is C12H17NO2. The lowest BCUT2D eigenvalue weighted by molar-refractivity contribution is 0.118. The quantitative estimate of drug-likeness (QED) is 0.808. The molecule has 3 nitrogen and oxygen atoms in total. The van der Waals surface area contributed by atoms with Crippen LogP contribution in [-0.4, -0.2) is 12.7 Å². The molecule has 1 N–H and O–H groups in total. The zero-order valence-corrected chi connectivity index (χ0v) is 9.41. The number of carbonyl (C=O) groups excluding carboxylic acids is 1. The Bertz CT molecular complexity index is 314. The maximum atomic E-state index is 11.3. The van der Waals surface area contributed by atoms with E-state index in [1.165, 1.54) is 0 Å². The number of anilines is 1. The van der Waals surface area contributed by atoms with Crippen LogP contribution >= 0.6 is 0 Å². The van der Waals surface area contributed by atoms with Crippen LogP contribution < -0.4 is 5.32 Å². The SMILES string of the molecule is CC(C)(C)COC(=O)Nc1ccccc1. The molecule has 0 saturated heterocycles. The van der Waals surface area contributed by atoms with Gasteiger partial charge >= 0.3 is 6.09 Å². The molecule has 82 valence electrons. The van der Waals surface area contributed by atoms with Crippen LogP contribution in [0, 0.1) is 5.41 Å². The van der Waals surface area contributed by atoms with E-state index in [1.807, 2.05) is 51.1 Å². The maximum Gasteiger partial charge on any atom is 0.411 e. The van der Waals surface area contributed by atoms with Gasteiger partial charge in [-0.1, -0.05) is 39.0 Å². The Balaban J connectivity index is 2.38. The van der Waals surface area contributed by atoms with E-state index in [2.05, 4.69) is 5.32 Å². The molecule has 0 spiro atoms. The van der Waals surface area contributed by atoms with E-state index in [-0.39, 0.29) is 5.41 Å². The van der Waals surface area contributed by atoms with Crippen LogP contribution in [0.5, 0.6) is 0 Å². The molecule has 0 heterocycles. The molecule has 0 aromatic heterocycles. The van der Waals surface area contributed by atoms with Gasteiger partial charge in [-0.2, -0.15) is 0 Å². The van der Waals surface area contributed by atoms with Crippen LogP contribution in [0.15, 0.2) is 30.3 Å². The van der Waals surface area contributed by atoms with Gasteiger partial charge < -0.3 is 4.74 Å². The predicted molar refractivity (Wildman–Crippen MR) is 60.9 cm³/mol. The van der Waals surface area contributed by atoms with Crippen molar-refractivity contribution in [1.82, 2.24) is 0 Å². The van der Waals surface area contributed by atoms with Gasteiger partial charge in [0, 0.05) is 5.69 Å². The van der Waals surface area contributed by atoms with Gasteiger partial charge in [-0.25, -0.2) is 4.79 Å². The summed E-state index contributed by atoms with van der Waals surface area (Å²) in [6, 6.07) is 9.25. The van der Waals surface area contributed by atoms with Crippen molar-refractivity contribution in [1.29, 1.82) is 0 Å². The van der Waals surface area contributed by atoms with Crippen molar-refractivity contribution < 1.29 is 9.53 Å². The fraction of sp³-hybridized carbons (Fsp3) is 0.417. The Morgan fingerprint density at radius 3 is 2.40 bits per heavy atom. The molecule has 0 aliphatic rings. The summed E-state index contributed by atoms with van der Waals surface area (Å²) in [6.07, 6.45) is -0.406. The Morgan fingerprint density at radius 2 is 1.87 bits per heavy atom. The first-order valence-electron chi connectivity index (χ1n) is 4.96. The van der Waals surface area contributed by atoms with Crippen molar-refractivity contribution in [2.24, 2.45) is 5.41 Å². The molecule has 0 fully saturated rings. The average molecular weight is 207 g/mol. The van der Waals surface area contributed by atoms with Crippen molar-refractivity contribution >= 4 is 11.8 Å². The van der Waals surface area contributed by atoms with Gasteiger partial charge in [-0.05, 0) is 17.5 Å². The lowest BCUT2D eigenvalue weighted by atomic mass is 9.99. The van der Waals surface area contributed by atoms with Gasteiger partial charge in [0.05, 0.1) is 6.61 Å². The Hall–Kier alpha value is -1.51. The van der Waals surface area contributed by atoms with Gasteiger partial charge in [0.2, 0.25) is 0 Å². The van der Waals surface area contributed by atoms with Crippen molar-refractivity contribution in [2.45, 2.75) is 20.8 Å². The number of amides is 1. The van der Waals surface area contributed by atoms with Gasteiger partial charge in [0.25, 0.3) is 0 Å². The standard InChI is InChI=1S/C12H17NO2/c1-12(2,3)9-15-11(14)13-10-7-5-4-6-8-10/h4-8H,9H2,1-3H3,(H,13,14). The van der Waals surface area contributed by atoms with E-state index < -0.39 is 6.09 Å². The van der Waals surface area contributed by atoms with Crippen LogP contribution in [0.1, 0.15) is 20.8 Å². The van der Waals surface area contributed by atoms with Crippen molar-refractivity contribution in [3.05, 3.63) is 30.3 Å². The number of nitrogens with one attached hydrogen (secondary N) is 1. The first-order valence-corrected chi connectivity index (χ1v) is 4.96. The van der Waals surface area contributed by atoms with Gasteiger partial charge in [-0.15, -0.1) is 0 Å². The number of benzene rings is 1. The largest absolute Gasteiger partial charge is 0.449 e. The zero-order chi connectivity index (χ0) is 11.3. The number of hydrogen-bond donors (Lipinski definition) is 1. The lowest BCUT2D eigenvalue weighted by Crippen LogP contribution is -2.21. The van der Waals surface area contributed by atoms with Crippen molar-refractivity contribution in [3.8, 4) is 0 Å². The van der Waals surface area contributed by atoms with Crippen LogP contribution in [-0.2, 0) is 4.74 Å². The number of para-hydroxylation sites is 1. The molecule has 0 saturated carbocycles. The summed E-state index contributed by atoms with van der Waals surface area (Å²) < 4.78 is 5.06. The molecule has 0 bridgehead atoms. The third-order valence-electron chi connectivity index (χ3n) is 1.66. The Morgan fingerprint density at radius 1 is 1.27 bits per heavy atom. The number of ether oxygens (including phenoxy) is 1. The highest BCUT2D eigenvalue weighted by atomic mass is 16.5. The second kappa shape index (κ2) is 4.82. The average Bonchev–Trinajstić information content (AvgIpc) is 2.15. The van der Waals surface area contributed by atoms with Crippen LogP contribution in [0.2, 0.25) is 0 Å². The lowest BCUT2D eigenvalue weighted by Gasteiger charge is -2.17. The molecule has 0 aliphatic carbocycles. The van der Waals surface area contributed by atoms with E-state index >= 15 is 0 Å². The summed E-state index contributed by atoms with van der Waals surface area (Å²) in [5.41, 5.74) is 0.741. The summed E-state index contributed by atoms with van der Waals surface area (Å²) in [5.74, 6) is 0. The smallest absolute Gasteiger partial charge is 0.411 e. The van der Waals surface area contributed by atoms with E-state index in [0.717, 1.165) is 5.69 Å². The molecule has 0 aliphatic heterocycles. The van der Waals surface area contributed by atoms with E-state index in [1.54, 1.807) is 0 Å². The highest BCUT2D eigenvalue weighted by Crippen LogP contribution is 2.13. The maximum absolute atomic E-state index is 11.3. The van der Waals surface area contributed by atoms with Gasteiger partial charge in [0.15, 0.2) is 0 Å². The Labute approximate surface area is 90.4 Å². The minimum Gasteiger partial charge on any atom is -0.449 e. The van der Waals surface area contributed by atoms with Crippen LogP contribution in [0.25, 0.3) is 0 Å². The summed E-state index contributed by atoms with van der Waals surface area (Å²) in [7, 11) is 0. The van der Waals surface area contributed by atoms with Crippen LogP contribution in [0.4, 0.5) is 10.5 Å². The summed E-state index contributed by atoms with van der Waals surface area (Å²) in [5, 5.41) is 2.65. The Kier molecular flexibility index (Phi) is 3.72. The summed E-state index contributed by atoms with van der Waals surface area (Å²) in [4.78, 5) is 11.3. The molecule has 0 unspecified atom stereocenters. The van der Waals surface area contributed by atoms with Crippen molar-refractivity contribution in [3.63, 3.8) is 0 Å². The zero-order valence-electron chi connectivity index (χ0n) is 9.41. The topological polar surface area (TPSA) is 38.3 Å². The molecule has 1 amide bonds. The molecule has 3 heteroatoms. The van der Waals surface area contributed by atoms with E-state index in [0.29, 0.717) is 6.61 Å². The molecule has 15 heavy (non-hydrogen) atoms. The minimum atomic E-state index is -0.406. The first-order chi connectivity index (χ1) is 6.97. The third-order valence-corrected chi connectivity index (χ3v) is 1.66. The number of hydrogen-bond acceptors (Lipinski definition) is 2. The monoisotopic (exact) mass is 207 g/mol. The minimum absolute atomic E-state index is 0.00592.